The maximum absolute atomic E-state index is 5.04. The second kappa shape index (κ2) is 1.62. The van der Waals surface area contributed by atoms with Crippen molar-refractivity contribution in [3.8, 4) is 0 Å². The summed E-state index contributed by atoms with van der Waals surface area (Å²) in [6.45, 7) is 0. The summed E-state index contributed by atoms with van der Waals surface area (Å²) < 4.78 is 5.04. The van der Waals surface area contributed by atoms with Crippen LogP contribution in [0.15, 0.2) is 28.9 Å². The molecule has 0 saturated carbocycles. The van der Waals surface area contributed by atoms with Crippen LogP contribution in [0.5, 0.6) is 0 Å². The molecule has 0 fully saturated rings. The highest BCUT2D eigenvalue weighted by Crippen LogP contribution is 2.11. The monoisotopic (exact) mass is 116 g/mol. The number of hydrogen-bond acceptors (Lipinski definition) is 1. The molecule has 1 heteroatoms. The first-order chi connectivity index (χ1) is 4.47. The van der Waals surface area contributed by atoms with Gasteiger partial charge in [0.2, 0.25) is 0 Å². The molecular weight excluding hydrogens is 112 g/mol. The molecule has 0 bridgehead atoms. The fraction of sp³-hybridized carbons (Fsp3) is 0. The highest BCUT2D eigenvalue weighted by Gasteiger charge is 1.90. The Bertz CT molecular complexity index is 279. The third kappa shape index (κ3) is 0.617. The van der Waals surface area contributed by atoms with Gasteiger partial charge >= 0.3 is 0 Å². The van der Waals surface area contributed by atoms with Gasteiger partial charge in [-0.15, -0.1) is 0 Å². The predicted octanol–water partition coefficient (Wildman–Crippen LogP) is 2.03. The maximum Gasteiger partial charge on any atom is 0.134 e. The molecule has 0 aliphatic rings. The summed E-state index contributed by atoms with van der Waals surface area (Å²) in [5.41, 5.74) is 0.869. The summed E-state index contributed by atoms with van der Waals surface area (Å²) >= 11 is 0. The Morgan fingerprint density at radius 3 is 3.33 bits per heavy atom. The van der Waals surface area contributed by atoms with Crippen molar-refractivity contribution >= 4 is 11.0 Å². The molecule has 1 heterocycles. The lowest BCUT2D eigenvalue weighted by atomic mass is 10.3. The minimum Gasteiger partial charge on any atom is -0.464 e. The summed E-state index contributed by atoms with van der Waals surface area (Å²) in [6, 6.07) is 11.4. The van der Waals surface area contributed by atoms with E-state index >= 15 is 0 Å². The summed E-state index contributed by atoms with van der Waals surface area (Å²) in [4.78, 5) is 0. The Morgan fingerprint density at radius 1 is 1.44 bits per heavy atom. The first-order valence-corrected chi connectivity index (χ1v) is 2.72. The van der Waals surface area contributed by atoms with E-state index < -0.39 is 0 Å². The Hall–Kier alpha value is -1.24. The molecule has 2 aromatic rings. The van der Waals surface area contributed by atoms with Crippen molar-refractivity contribution in [2.24, 2.45) is 0 Å². The lowest BCUT2D eigenvalue weighted by molar-refractivity contribution is 0.615. The number of furan rings is 1. The zero-order valence-corrected chi connectivity index (χ0v) is 4.72. The van der Waals surface area contributed by atoms with Gasteiger partial charge in [0.25, 0.3) is 0 Å². The largest absolute Gasteiger partial charge is 0.464 e. The lowest BCUT2D eigenvalue weighted by Crippen LogP contribution is -1.58. The molecule has 0 aliphatic carbocycles. The van der Waals surface area contributed by atoms with Crippen LogP contribution < -0.4 is 0 Å². The van der Waals surface area contributed by atoms with E-state index in [1.165, 1.54) is 0 Å². The van der Waals surface area contributed by atoms with Gasteiger partial charge in [0, 0.05) is 11.5 Å². The molecule has 0 aliphatic heterocycles. The van der Waals surface area contributed by atoms with Crippen molar-refractivity contribution in [2.45, 2.75) is 0 Å². The van der Waals surface area contributed by atoms with Crippen molar-refractivity contribution in [1.82, 2.24) is 0 Å². The van der Waals surface area contributed by atoms with Gasteiger partial charge in [-0.2, -0.15) is 0 Å². The third-order valence-electron chi connectivity index (χ3n) is 1.22. The van der Waals surface area contributed by atoms with E-state index in [1.807, 2.05) is 18.2 Å². The summed E-state index contributed by atoms with van der Waals surface area (Å²) in [5, 5.41) is 0.984. The van der Waals surface area contributed by atoms with Gasteiger partial charge in [-0.3, -0.25) is 0 Å². The molecule has 0 atom stereocenters. The third-order valence-corrected chi connectivity index (χ3v) is 1.22. The average molecular weight is 116 g/mol. The quantitative estimate of drug-likeness (QED) is 0.513. The number of fused-ring (bicyclic) bond motifs is 1. The van der Waals surface area contributed by atoms with Gasteiger partial charge in [-0.1, -0.05) is 6.07 Å². The Kier molecular flexibility index (Phi) is 0.833. The van der Waals surface area contributed by atoms with E-state index in [9.17, 15) is 0 Å². The normalized spacial score (nSPS) is 10.2. The van der Waals surface area contributed by atoms with Gasteiger partial charge in [0.05, 0.1) is 6.26 Å². The molecule has 1 nitrogen and oxygen atoms in total. The van der Waals surface area contributed by atoms with Crippen molar-refractivity contribution in [3.63, 3.8) is 0 Å². The first-order valence-electron chi connectivity index (χ1n) is 2.72. The Morgan fingerprint density at radius 2 is 2.44 bits per heavy atom. The zero-order chi connectivity index (χ0) is 6.10. The van der Waals surface area contributed by atoms with Crippen LogP contribution in [0.3, 0.4) is 0 Å². The van der Waals surface area contributed by atoms with Crippen LogP contribution in [0.1, 0.15) is 0 Å². The molecule has 0 saturated heterocycles. The lowest BCUT2D eigenvalue weighted by Gasteiger charge is -1.80. The van der Waals surface area contributed by atoms with Crippen molar-refractivity contribution in [1.29, 1.82) is 0 Å². The van der Waals surface area contributed by atoms with Gasteiger partial charge < -0.3 is 4.42 Å². The van der Waals surface area contributed by atoms with Crippen molar-refractivity contribution in [2.75, 3.05) is 0 Å². The topological polar surface area (TPSA) is 13.1 Å². The standard InChI is InChI=1S/C8H4O/c1-2-4-8-7(3-1)5-6-9-8/h2-4,6H. The van der Waals surface area contributed by atoms with Crippen molar-refractivity contribution < 1.29 is 4.42 Å². The molecule has 2 radical (unpaired) electrons. The highest BCUT2D eigenvalue weighted by atomic mass is 16.3. The van der Waals surface area contributed by atoms with E-state index in [0.29, 0.717) is 0 Å². The summed E-state index contributed by atoms with van der Waals surface area (Å²) in [7, 11) is 0. The van der Waals surface area contributed by atoms with Gasteiger partial charge in [-0.25, -0.2) is 0 Å². The molecule has 1 aromatic carbocycles. The fourth-order valence-electron chi connectivity index (χ4n) is 0.788. The number of hydrogen-bond donors (Lipinski definition) is 0. The SMILES string of the molecule is [c]1ccc2oc[c]c2c1. The summed E-state index contributed by atoms with van der Waals surface area (Å²) in [6.07, 6.45) is 1.55. The van der Waals surface area contributed by atoms with E-state index in [4.69, 9.17) is 4.42 Å². The number of benzene rings is 1. The van der Waals surface area contributed by atoms with E-state index in [1.54, 1.807) is 6.26 Å². The van der Waals surface area contributed by atoms with E-state index in [2.05, 4.69) is 12.1 Å². The van der Waals surface area contributed by atoms with Crippen LogP contribution in [0.25, 0.3) is 11.0 Å². The summed E-state index contributed by atoms with van der Waals surface area (Å²) in [5.74, 6) is 0. The van der Waals surface area contributed by atoms with Crippen LogP contribution in [0, 0.1) is 12.1 Å². The molecule has 1 aromatic heterocycles. The van der Waals surface area contributed by atoms with Crippen LogP contribution >= 0.6 is 0 Å². The molecule has 0 amide bonds. The van der Waals surface area contributed by atoms with Crippen LogP contribution in [-0.4, -0.2) is 0 Å². The smallest absolute Gasteiger partial charge is 0.134 e. The fourth-order valence-corrected chi connectivity index (χ4v) is 0.788. The Balaban J connectivity index is 2.95. The minimum absolute atomic E-state index is 0.869. The minimum atomic E-state index is 0.869. The number of rotatable bonds is 0. The molecular formula is C8H4O. The van der Waals surface area contributed by atoms with Gasteiger partial charge in [0.1, 0.15) is 5.58 Å². The molecule has 0 N–H and O–H groups in total. The van der Waals surface area contributed by atoms with Crippen LogP contribution in [0.2, 0.25) is 0 Å². The second-order valence-electron chi connectivity index (χ2n) is 1.80. The zero-order valence-electron chi connectivity index (χ0n) is 4.72. The highest BCUT2D eigenvalue weighted by molar-refractivity contribution is 5.75. The molecule has 0 spiro atoms. The van der Waals surface area contributed by atoms with Crippen LogP contribution in [-0.2, 0) is 0 Å². The molecule has 42 valence electrons. The maximum atomic E-state index is 5.04. The molecule has 9 heavy (non-hydrogen) atoms. The Labute approximate surface area is 52.9 Å². The van der Waals surface area contributed by atoms with E-state index in [0.717, 1.165) is 11.0 Å². The van der Waals surface area contributed by atoms with Gasteiger partial charge in [-0.05, 0) is 18.2 Å². The van der Waals surface area contributed by atoms with Crippen LogP contribution in [0.4, 0.5) is 0 Å². The van der Waals surface area contributed by atoms with E-state index in [-0.39, 0.29) is 0 Å². The second-order valence-corrected chi connectivity index (χ2v) is 1.80. The van der Waals surface area contributed by atoms with Crippen molar-refractivity contribution in [3.05, 3.63) is 36.6 Å². The van der Waals surface area contributed by atoms with Gasteiger partial charge in [0.15, 0.2) is 0 Å². The molecule has 0 unspecified atom stereocenters. The molecule has 2 rings (SSSR count). The first kappa shape index (κ1) is 4.62. The average Bonchev–Trinajstić information content (AvgIpc) is 2.33. The predicted molar refractivity (Wildman–Crippen MR) is 33.9 cm³/mol.